The molecule has 0 fully saturated rings. The van der Waals surface area contributed by atoms with E-state index >= 15 is 0 Å². The number of aryl methyl sites for hydroxylation is 1. The van der Waals surface area contributed by atoms with Crippen LogP contribution in [0.1, 0.15) is 22.6 Å². The van der Waals surface area contributed by atoms with Crippen molar-refractivity contribution in [2.75, 3.05) is 19.8 Å². The van der Waals surface area contributed by atoms with E-state index in [-0.39, 0.29) is 13.2 Å². The Morgan fingerprint density at radius 1 is 1.00 bits per heavy atom. The number of carbonyl (C=O) groups excluding carboxylic acids is 1. The molecule has 8 heteroatoms. The van der Waals surface area contributed by atoms with E-state index in [1.807, 2.05) is 79.7 Å². The predicted molar refractivity (Wildman–Crippen MR) is 147 cm³/mol. The highest BCUT2D eigenvalue weighted by molar-refractivity contribution is 5.76. The quantitative estimate of drug-likeness (QED) is 0.241. The van der Waals surface area contributed by atoms with Crippen molar-refractivity contribution in [2.45, 2.75) is 19.9 Å². The summed E-state index contributed by atoms with van der Waals surface area (Å²) in [6, 6.07) is 26.5. The first-order valence-electron chi connectivity index (χ1n) is 12.6. The normalized spacial score (nSPS) is 10.9. The Balaban J connectivity index is 1.31. The van der Waals surface area contributed by atoms with Gasteiger partial charge in [-0.25, -0.2) is 9.78 Å². The van der Waals surface area contributed by atoms with Crippen LogP contribution >= 0.6 is 0 Å². The lowest BCUT2D eigenvalue weighted by molar-refractivity contribution is -0.138. The maximum atomic E-state index is 12.6. The summed E-state index contributed by atoms with van der Waals surface area (Å²) in [5.74, 6) is 0.794. The van der Waals surface area contributed by atoms with Crippen LogP contribution in [0.2, 0.25) is 0 Å². The fraction of sp³-hybridized carbons (Fsp3) is 0.194. The van der Waals surface area contributed by atoms with Crippen LogP contribution in [0.25, 0.3) is 17.5 Å². The van der Waals surface area contributed by atoms with Crippen molar-refractivity contribution in [3.8, 4) is 17.2 Å². The Kier molecular flexibility index (Phi) is 9.50. The molecule has 0 aliphatic carbocycles. The molecular formula is C31H30N2O6. The van der Waals surface area contributed by atoms with Gasteiger partial charge in [-0.2, -0.15) is 0 Å². The molecule has 1 amide bonds. The van der Waals surface area contributed by atoms with Crippen LogP contribution in [0.3, 0.4) is 0 Å². The van der Waals surface area contributed by atoms with Crippen molar-refractivity contribution in [1.29, 1.82) is 0 Å². The van der Waals surface area contributed by atoms with Gasteiger partial charge in [0.05, 0.1) is 12.3 Å². The van der Waals surface area contributed by atoms with E-state index in [1.165, 1.54) is 0 Å². The third kappa shape index (κ3) is 8.33. The van der Waals surface area contributed by atoms with Crippen LogP contribution in [-0.4, -0.2) is 46.8 Å². The van der Waals surface area contributed by atoms with E-state index in [1.54, 1.807) is 24.3 Å². The Hall–Kier alpha value is -4.85. The van der Waals surface area contributed by atoms with Crippen LogP contribution in [-0.2, 0) is 22.5 Å². The van der Waals surface area contributed by atoms with Crippen molar-refractivity contribution < 1.29 is 28.6 Å². The standard InChI is InChI=1S/C31H30N2O6/c1-23-28(32-30(39-23)26-14-6-3-7-15-26)17-19-37-27-16-8-12-25(20-27)21-33(22-29(34)35)31(36)38-18-9-13-24-10-4-2-5-11-24/h2-16,20H,17-19,21-22H2,1H3,(H,34,35)/b13-9+. The van der Waals surface area contributed by atoms with Crippen molar-refractivity contribution in [3.05, 3.63) is 114 Å². The SMILES string of the molecule is Cc1oc(-c2ccccc2)nc1CCOc1cccc(CN(CC(=O)O)C(=O)OC/C=C/c2ccccc2)c1. The lowest BCUT2D eigenvalue weighted by Crippen LogP contribution is -2.35. The number of benzene rings is 3. The predicted octanol–water partition coefficient (Wildman–Crippen LogP) is 6.01. The van der Waals surface area contributed by atoms with Gasteiger partial charge in [-0.3, -0.25) is 9.69 Å². The highest BCUT2D eigenvalue weighted by Gasteiger charge is 2.19. The summed E-state index contributed by atoms with van der Waals surface area (Å²) in [6.45, 7) is 1.86. The molecule has 1 heterocycles. The zero-order valence-corrected chi connectivity index (χ0v) is 21.7. The maximum absolute atomic E-state index is 12.6. The van der Waals surface area contributed by atoms with Gasteiger partial charge in [0.25, 0.3) is 0 Å². The smallest absolute Gasteiger partial charge is 0.410 e. The number of aliphatic carboxylic acids is 1. The third-order valence-corrected chi connectivity index (χ3v) is 5.79. The van der Waals surface area contributed by atoms with Gasteiger partial charge in [-0.15, -0.1) is 0 Å². The highest BCUT2D eigenvalue weighted by Crippen LogP contribution is 2.22. The van der Waals surface area contributed by atoms with Crippen LogP contribution in [0.5, 0.6) is 5.75 Å². The number of hydrogen-bond acceptors (Lipinski definition) is 6. The van der Waals surface area contributed by atoms with Gasteiger partial charge in [-0.1, -0.05) is 66.7 Å². The van der Waals surface area contributed by atoms with E-state index in [9.17, 15) is 14.7 Å². The zero-order chi connectivity index (χ0) is 27.5. The number of rotatable bonds is 12. The van der Waals surface area contributed by atoms with E-state index in [2.05, 4.69) is 4.98 Å². The average molecular weight is 527 g/mol. The van der Waals surface area contributed by atoms with Gasteiger partial charge in [0, 0.05) is 18.5 Å². The Morgan fingerprint density at radius 3 is 2.49 bits per heavy atom. The summed E-state index contributed by atoms with van der Waals surface area (Å²) in [6.07, 6.45) is 3.39. The molecule has 0 saturated heterocycles. The number of amides is 1. The Labute approximate surface area is 227 Å². The van der Waals surface area contributed by atoms with E-state index < -0.39 is 18.6 Å². The lowest BCUT2D eigenvalue weighted by Gasteiger charge is -2.20. The van der Waals surface area contributed by atoms with Crippen LogP contribution < -0.4 is 4.74 Å². The third-order valence-electron chi connectivity index (χ3n) is 5.79. The largest absolute Gasteiger partial charge is 0.493 e. The molecule has 0 bridgehead atoms. The summed E-state index contributed by atoms with van der Waals surface area (Å²) in [5, 5.41) is 9.31. The van der Waals surface area contributed by atoms with Crippen LogP contribution in [0.4, 0.5) is 4.79 Å². The van der Waals surface area contributed by atoms with Crippen molar-refractivity contribution >= 4 is 18.1 Å². The molecule has 0 spiro atoms. The second kappa shape index (κ2) is 13.6. The first-order chi connectivity index (χ1) is 19.0. The number of nitrogens with zero attached hydrogens (tertiary/aromatic N) is 2. The highest BCUT2D eigenvalue weighted by atomic mass is 16.6. The van der Waals surface area contributed by atoms with Gasteiger partial charge < -0.3 is 19.0 Å². The monoisotopic (exact) mass is 526 g/mol. The minimum absolute atomic E-state index is 0.0282. The fourth-order valence-corrected chi connectivity index (χ4v) is 3.89. The molecule has 200 valence electrons. The summed E-state index contributed by atoms with van der Waals surface area (Å²) >= 11 is 0. The average Bonchev–Trinajstić information content (AvgIpc) is 3.32. The summed E-state index contributed by atoms with van der Waals surface area (Å²) in [7, 11) is 0. The van der Waals surface area contributed by atoms with Gasteiger partial charge in [0.1, 0.15) is 24.7 Å². The number of carbonyl (C=O) groups is 2. The molecule has 1 N–H and O–H groups in total. The molecule has 4 rings (SSSR count). The van der Waals surface area contributed by atoms with Gasteiger partial charge in [-0.05, 0) is 48.4 Å². The molecule has 3 aromatic carbocycles. The summed E-state index contributed by atoms with van der Waals surface area (Å²) < 4.78 is 17.0. The minimum Gasteiger partial charge on any atom is -0.493 e. The number of carboxylic acid groups (broad SMARTS) is 1. The second-order valence-corrected chi connectivity index (χ2v) is 8.77. The minimum atomic E-state index is -1.13. The number of ether oxygens (including phenoxy) is 2. The fourth-order valence-electron chi connectivity index (χ4n) is 3.89. The Bertz CT molecular complexity index is 1400. The van der Waals surface area contributed by atoms with E-state index in [0.717, 1.165) is 33.0 Å². The Morgan fingerprint density at radius 2 is 1.74 bits per heavy atom. The lowest BCUT2D eigenvalue weighted by atomic mass is 10.2. The summed E-state index contributed by atoms with van der Waals surface area (Å²) in [4.78, 5) is 29.7. The molecular weight excluding hydrogens is 496 g/mol. The molecule has 0 aliphatic rings. The molecule has 39 heavy (non-hydrogen) atoms. The van der Waals surface area contributed by atoms with Gasteiger partial charge in [0.2, 0.25) is 5.89 Å². The number of oxazole rings is 1. The van der Waals surface area contributed by atoms with Gasteiger partial charge in [0.15, 0.2) is 0 Å². The topological polar surface area (TPSA) is 102 Å². The summed E-state index contributed by atoms with van der Waals surface area (Å²) in [5.41, 5.74) is 3.43. The first-order valence-corrected chi connectivity index (χ1v) is 12.6. The number of carboxylic acids is 1. The molecule has 0 aliphatic heterocycles. The molecule has 0 radical (unpaired) electrons. The molecule has 4 aromatic rings. The van der Waals surface area contributed by atoms with E-state index in [0.29, 0.717) is 24.7 Å². The number of hydrogen-bond donors (Lipinski definition) is 1. The number of aromatic nitrogens is 1. The van der Waals surface area contributed by atoms with Crippen molar-refractivity contribution in [2.24, 2.45) is 0 Å². The molecule has 0 saturated carbocycles. The van der Waals surface area contributed by atoms with Crippen molar-refractivity contribution in [1.82, 2.24) is 9.88 Å². The molecule has 0 atom stereocenters. The molecule has 1 aromatic heterocycles. The van der Waals surface area contributed by atoms with E-state index in [4.69, 9.17) is 13.9 Å². The molecule has 8 nitrogen and oxygen atoms in total. The maximum Gasteiger partial charge on any atom is 0.410 e. The second-order valence-electron chi connectivity index (χ2n) is 8.77. The van der Waals surface area contributed by atoms with Crippen LogP contribution in [0, 0.1) is 6.92 Å². The molecule has 0 unspecified atom stereocenters. The zero-order valence-electron chi connectivity index (χ0n) is 21.7. The van der Waals surface area contributed by atoms with Crippen LogP contribution in [0.15, 0.2) is 95.4 Å². The van der Waals surface area contributed by atoms with Gasteiger partial charge >= 0.3 is 12.1 Å². The first kappa shape index (κ1) is 27.2. The van der Waals surface area contributed by atoms with Crippen molar-refractivity contribution in [3.63, 3.8) is 0 Å².